The SMILES string of the molecule is Cc1cccc(Cc2nc(NN)cc(C(C)(C)C)n2)c1. The second kappa shape index (κ2) is 5.59. The van der Waals surface area contributed by atoms with E-state index in [0.717, 1.165) is 11.5 Å². The Hall–Kier alpha value is -1.94. The van der Waals surface area contributed by atoms with Crippen LogP contribution in [-0.2, 0) is 11.8 Å². The van der Waals surface area contributed by atoms with Crippen molar-refractivity contribution in [3.8, 4) is 0 Å². The van der Waals surface area contributed by atoms with E-state index in [-0.39, 0.29) is 5.41 Å². The second-order valence-electron chi connectivity index (χ2n) is 6.11. The first-order valence-corrected chi connectivity index (χ1v) is 6.79. The number of anilines is 1. The molecule has 4 nitrogen and oxygen atoms in total. The van der Waals surface area contributed by atoms with Gasteiger partial charge < -0.3 is 5.43 Å². The van der Waals surface area contributed by atoms with Crippen LogP contribution >= 0.6 is 0 Å². The van der Waals surface area contributed by atoms with Gasteiger partial charge in [-0.15, -0.1) is 0 Å². The highest BCUT2D eigenvalue weighted by Gasteiger charge is 2.18. The molecule has 1 heterocycles. The summed E-state index contributed by atoms with van der Waals surface area (Å²) in [6, 6.07) is 10.3. The average molecular weight is 270 g/mol. The first-order valence-electron chi connectivity index (χ1n) is 6.79. The predicted octanol–water partition coefficient (Wildman–Crippen LogP) is 2.96. The maximum Gasteiger partial charge on any atom is 0.143 e. The molecule has 0 aliphatic heterocycles. The molecule has 20 heavy (non-hydrogen) atoms. The molecule has 4 heteroatoms. The minimum absolute atomic E-state index is 0.0319. The molecule has 2 aromatic rings. The minimum Gasteiger partial charge on any atom is -0.308 e. The standard InChI is InChI=1S/C16H22N4/c1-11-6-5-7-12(8-11)9-14-18-13(16(2,3)4)10-15(19-14)20-17/h5-8,10H,9,17H2,1-4H3,(H,18,19,20). The Morgan fingerprint density at radius 2 is 1.90 bits per heavy atom. The van der Waals surface area contributed by atoms with Gasteiger partial charge in [-0.05, 0) is 12.5 Å². The number of aromatic nitrogens is 2. The number of benzene rings is 1. The first-order chi connectivity index (χ1) is 9.38. The average Bonchev–Trinajstić information content (AvgIpc) is 2.37. The van der Waals surface area contributed by atoms with Crippen LogP contribution in [0, 0.1) is 6.92 Å². The van der Waals surface area contributed by atoms with Gasteiger partial charge in [0.25, 0.3) is 0 Å². The third-order valence-corrected chi connectivity index (χ3v) is 3.13. The van der Waals surface area contributed by atoms with Crippen LogP contribution in [0.25, 0.3) is 0 Å². The fraction of sp³-hybridized carbons (Fsp3) is 0.375. The van der Waals surface area contributed by atoms with Gasteiger partial charge in [0.05, 0.1) is 5.69 Å². The third kappa shape index (κ3) is 3.54. The van der Waals surface area contributed by atoms with Crippen molar-refractivity contribution in [3.05, 3.63) is 53.0 Å². The lowest BCUT2D eigenvalue weighted by Gasteiger charge is -2.19. The Labute approximate surface area is 120 Å². The Kier molecular flexibility index (Phi) is 4.04. The van der Waals surface area contributed by atoms with Crippen molar-refractivity contribution in [3.63, 3.8) is 0 Å². The van der Waals surface area contributed by atoms with Gasteiger partial charge in [0.15, 0.2) is 0 Å². The molecule has 0 unspecified atom stereocenters. The molecule has 1 aromatic heterocycles. The molecule has 0 spiro atoms. The van der Waals surface area contributed by atoms with E-state index >= 15 is 0 Å². The number of nitrogens with zero attached hydrogens (tertiary/aromatic N) is 2. The molecule has 3 N–H and O–H groups in total. The van der Waals surface area contributed by atoms with Crippen molar-refractivity contribution in [1.82, 2.24) is 9.97 Å². The maximum absolute atomic E-state index is 5.51. The highest BCUT2D eigenvalue weighted by molar-refractivity contribution is 5.37. The van der Waals surface area contributed by atoms with Gasteiger partial charge in [0.1, 0.15) is 11.6 Å². The van der Waals surface area contributed by atoms with E-state index < -0.39 is 0 Å². The first kappa shape index (κ1) is 14.5. The van der Waals surface area contributed by atoms with Gasteiger partial charge in [-0.3, -0.25) is 0 Å². The monoisotopic (exact) mass is 270 g/mol. The lowest BCUT2D eigenvalue weighted by atomic mass is 9.92. The van der Waals surface area contributed by atoms with E-state index in [1.165, 1.54) is 11.1 Å². The van der Waals surface area contributed by atoms with E-state index in [9.17, 15) is 0 Å². The Morgan fingerprint density at radius 3 is 2.50 bits per heavy atom. The number of nitrogen functional groups attached to an aromatic ring is 1. The molecule has 0 saturated carbocycles. The summed E-state index contributed by atoms with van der Waals surface area (Å²) < 4.78 is 0. The molecule has 0 aliphatic carbocycles. The van der Waals surface area contributed by atoms with Crippen molar-refractivity contribution < 1.29 is 0 Å². The fourth-order valence-corrected chi connectivity index (χ4v) is 2.04. The third-order valence-electron chi connectivity index (χ3n) is 3.13. The van der Waals surface area contributed by atoms with E-state index in [0.29, 0.717) is 12.2 Å². The highest BCUT2D eigenvalue weighted by Crippen LogP contribution is 2.22. The predicted molar refractivity (Wildman–Crippen MR) is 82.5 cm³/mol. The van der Waals surface area contributed by atoms with Crippen molar-refractivity contribution in [2.75, 3.05) is 5.43 Å². The summed E-state index contributed by atoms with van der Waals surface area (Å²) in [6.07, 6.45) is 0.709. The van der Waals surface area contributed by atoms with Crippen LogP contribution < -0.4 is 11.3 Å². The summed E-state index contributed by atoms with van der Waals surface area (Å²) in [6.45, 7) is 8.48. The molecule has 0 fully saturated rings. The normalized spacial score (nSPS) is 11.4. The van der Waals surface area contributed by atoms with Crippen molar-refractivity contribution in [2.24, 2.45) is 5.84 Å². The summed E-state index contributed by atoms with van der Waals surface area (Å²) in [5, 5.41) is 0. The van der Waals surface area contributed by atoms with E-state index in [4.69, 9.17) is 5.84 Å². The van der Waals surface area contributed by atoms with Crippen LogP contribution in [0.3, 0.4) is 0 Å². The lowest BCUT2D eigenvalue weighted by Crippen LogP contribution is -2.18. The van der Waals surface area contributed by atoms with Crippen LogP contribution in [0.4, 0.5) is 5.82 Å². The largest absolute Gasteiger partial charge is 0.308 e. The minimum atomic E-state index is -0.0319. The molecule has 0 bridgehead atoms. The zero-order chi connectivity index (χ0) is 14.8. The summed E-state index contributed by atoms with van der Waals surface area (Å²) >= 11 is 0. The molecular formula is C16H22N4. The Morgan fingerprint density at radius 1 is 1.15 bits per heavy atom. The Balaban J connectivity index is 2.36. The lowest BCUT2D eigenvalue weighted by molar-refractivity contribution is 0.563. The zero-order valence-corrected chi connectivity index (χ0v) is 12.6. The van der Waals surface area contributed by atoms with Gasteiger partial charge in [-0.1, -0.05) is 50.6 Å². The van der Waals surface area contributed by atoms with Crippen LogP contribution in [0.15, 0.2) is 30.3 Å². The summed E-state index contributed by atoms with van der Waals surface area (Å²) in [4.78, 5) is 9.11. The molecule has 2 rings (SSSR count). The number of nitrogens with one attached hydrogen (secondary N) is 1. The second-order valence-corrected chi connectivity index (χ2v) is 6.11. The molecule has 106 valence electrons. The molecule has 0 aliphatic rings. The van der Waals surface area contributed by atoms with Crippen molar-refractivity contribution in [2.45, 2.75) is 39.5 Å². The molecule has 1 aromatic carbocycles. The number of nitrogens with two attached hydrogens (primary N) is 1. The summed E-state index contributed by atoms with van der Waals surface area (Å²) in [7, 11) is 0. The number of hydrogen-bond donors (Lipinski definition) is 2. The van der Waals surface area contributed by atoms with Crippen LogP contribution in [-0.4, -0.2) is 9.97 Å². The topological polar surface area (TPSA) is 63.8 Å². The number of hydrazine groups is 1. The zero-order valence-electron chi connectivity index (χ0n) is 12.6. The van der Waals surface area contributed by atoms with Gasteiger partial charge in [0, 0.05) is 17.9 Å². The maximum atomic E-state index is 5.51. The van der Waals surface area contributed by atoms with Crippen molar-refractivity contribution >= 4 is 5.82 Å². The number of aryl methyl sites for hydroxylation is 1. The van der Waals surface area contributed by atoms with Gasteiger partial charge in [-0.25, -0.2) is 15.8 Å². The Bertz CT molecular complexity index is 600. The molecular weight excluding hydrogens is 248 g/mol. The highest BCUT2D eigenvalue weighted by atomic mass is 15.3. The molecule has 0 radical (unpaired) electrons. The van der Waals surface area contributed by atoms with Crippen LogP contribution in [0.1, 0.15) is 43.4 Å². The van der Waals surface area contributed by atoms with E-state index in [1.807, 2.05) is 6.07 Å². The fourth-order valence-electron chi connectivity index (χ4n) is 2.04. The molecule has 0 atom stereocenters. The van der Waals surface area contributed by atoms with E-state index in [1.54, 1.807) is 0 Å². The van der Waals surface area contributed by atoms with Gasteiger partial charge in [-0.2, -0.15) is 0 Å². The van der Waals surface area contributed by atoms with Gasteiger partial charge >= 0.3 is 0 Å². The quantitative estimate of drug-likeness (QED) is 0.665. The van der Waals surface area contributed by atoms with Crippen LogP contribution in [0.5, 0.6) is 0 Å². The number of rotatable bonds is 3. The summed E-state index contributed by atoms with van der Waals surface area (Å²) in [5.74, 6) is 6.96. The van der Waals surface area contributed by atoms with Crippen LogP contribution in [0.2, 0.25) is 0 Å². The number of hydrogen-bond acceptors (Lipinski definition) is 4. The van der Waals surface area contributed by atoms with E-state index in [2.05, 4.69) is 67.4 Å². The molecule has 0 amide bonds. The smallest absolute Gasteiger partial charge is 0.143 e. The van der Waals surface area contributed by atoms with Crippen molar-refractivity contribution in [1.29, 1.82) is 0 Å². The van der Waals surface area contributed by atoms with Gasteiger partial charge in [0.2, 0.25) is 0 Å². The molecule has 0 saturated heterocycles. The summed E-state index contributed by atoms with van der Waals surface area (Å²) in [5.41, 5.74) is 6.03.